The van der Waals surface area contributed by atoms with Gasteiger partial charge in [-0.25, -0.2) is 4.79 Å². The molecule has 3 heteroatoms. The highest BCUT2D eigenvalue weighted by atomic mass is 16.5. The first-order valence-corrected chi connectivity index (χ1v) is 8.67. The van der Waals surface area contributed by atoms with Crippen LogP contribution in [-0.4, -0.2) is 12.0 Å². The third-order valence-corrected chi connectivity index (χ3v) is 4.98. The minimum atomic E-state index is -0.599. The molecular formula is C22H21NO2. The van der Waals surface area contributed by atoms with Crippen LogP contribution in [0.15, 0.2) is 42.2 Å². The van der Waals surface area contributed by atoms with E-state index >= 15 is 0 Å². The van der Waals surface area contributed by atoms with E-state index in [0.717, 1.165) is 11.6 Å². The zero-order chi connectivity index (χ0) is 17.6. The molecule has 0 spiro atoms. The van der Waals surface area contributed by atoms with E-state index in [4.69, 9.17) is 10.5 Å². The average Bonchev–Trinajstić information content (AvgIpc) is 3.09. The summed E-state index contributed by atoms with van der Waals surface area (Å²) in [7, 11) is 0. The van der Waals surface area contributed by atoms with E-state index in [1.54, 1.807) is 0 Å². The number of benzene rings is 2. The molecule has 1 atom stereocenters. The SMILES string of the molecule is CC(C)[C@H](N)C(=O)OC1=CCc2c(ccc3c4c(ccc23)=CC=C4)=C1. The van der Waals surface area contributed by atoms with Crippen molar-refractivity contribution in [1.29, 1.82) is 0 Å². The number of hydrogen-bond donors (Lipinski definition) is 1. The van der Waals surface area contributed by atoms with Gasteiger partial charge in [-0.15, -0.1) is 0 Å². The summed E-state index contributed by atoms with van der Waals surface area (Å²) in [5.74, 6) is 0.266. The summed E-state index contributed by atoms with van der Waals surface area (Å²) < 4.78 is 5.48. The number of hydrogen-bond acceptors (Lipinski definition) is 3. The molecule has 126 valence electrons. The van der Waals surface area contributed by atoms with E-state index in [9.17, 15) is 4.79 Å². The van der Waals surface area contributed by atoms with E-state index in [-0.39, 0.29) is 11.9 Å². The molecule has 2 aromatic carbocycles. The highest BCUT2D eigenvalue weighted by Crippen LogP contribution is 2.23. The van der Waals surface area contributed by atoms with Crippen LogP contribution in [-0.2, 0) is 16.0 Å². The molecule has 0 bridgehead atoms. The van der Waals surface area contributed by atoms with Crippen LogP contribution in [0.4, 0.5) is 0 Å². The predicted octanol–water partition coefficient (Wildman–Crippen LogP) is 2.39. The van der Waals surface area contributed by atoms with Crippen molar-refractivity contribution in [3.8, 4) is 0 Å². The molecule has 0 saturated heterocycles. The van der Waals surface area contributed by atoms with Gasteiger partial charge in [0.05, 0.1) is 0 Å². The molecule has 0 saturated carbocycles. The van der Waals surface area contributed by atoms with Crippen LogP contribution < -0.4 is 16.2 Å². The fourth-order valence-electron chi connectivity index (χ4n) is 3.41. The maximum absolute atomic E-state index is 12.1. The van der Waals surface area contributed by atoms with Crippen molar-refractivity contribution in [3.63, 3.8) is 0 Å². The summed E-state index contributed by atoms with van der Waals surface area (Å²) in [6.45, 7) is 3.83. The first kappa shape index (κ1) is 15.9. The lowest BCUT2D eigenvalue weighted by Gasteiger charge is -2.17. The number of carbonyl (C=O) groups excluding carboxylic acids is 1. The summed E-state index contributed by atoms with van der Waals surface area (Å²) in [6.07, 6.45) is 11.0. The molecule has 2 aliphatic rings. The second kappa shape index (κ2) is 6.01. The van der Waals surface area contributed by atoms with E-state index in [1.165, 1.54) is 27.1 Å². The monoisotopic (exact) mass is 331 g/mol. The molecule has 2 N–H and O–H groups in total. The highest BCUT2D eigenvalue weighted by molar-refractivity contribution is 5.96. The topological polar surface area (TPSA) is 52.3 Å². The molecule has 0 fully saturated rings. The molecule has 0 aromatic heterocycles. The zero-order valence-corrected chi connectivity index (χ0v) is 14.5. The summed E-state index contributed by atoms with van der Waals surface area (Å²) in [4.78, 5) is 12.1. The fraction of sp³-hybridized carbons (Fsp3) is 0.227. The standard InChI is InChI=1S/C22H21NO2/c1-13(2)21(23)22(24)25-16-8-11-18-15(12-16)7-10-19-17-5-3-4-14(17)6-9-20(18)19/h3-10,12-13,21H,11,23H2,1-2H3/t21-/m0/s1. The van der Waals surface area contributed by atoms with Gasteiger partial charge in [0.2, 0.25) is 0 Å². The van der Waals surface area contributed by atoms with Gasteiger partial charge < -0.3 is 10.5 Å². The Bertz CT molecular complexity index is 1060. The fourth-order valence-corrected chi connectivity index (χ4v) is 3.41. The van der Waals surface area contributed by atoms with Gasteiger partial charge in [0.15, 0.2) is 0 Å². The Labute approximate surface area is 146 Å². The van der Waals surface area contributed by atoms with Crippen LogP contribution in [0, 0.1) is 5.92 Å². The van der Waals surface area contributed by atoms with Crippen molar-refractivity contribution in [2.24, 2.45) is 11.7 Å². The highest BCUT2D eigenvalue weighted by Gasteiger charge is 2.20. The second-order valence-corrected chi connectivity index (χ2v) is 6.97. The number of allylic oxidation sites excluding steroid dienone is 3. The Kier molecular flexibility index (Phi) is 3.81. The zero-order valence-electron chi connectivity index (χ0n) is 14.5. The summed E-state index contributed by atoms with van der Waals surface area (Å²) in [5, 5.41) is 4.89. The molecule has 2 aliphatic carbocycles. The van der Waals surface area contributed by atoms with Gasteiger partial charge in [-0.2, -0.15) is 0 Å². The van der Waals surface area contributed by atoms with Crippen LogP contribution in [0.1, 0.15) is 25.0 Å². The van der Waals surface area contributed by atoms with E-state index < -0.39 is 6.04 Å². The van der Waals surface area contributed by atoms with Gasteiger partial charge in [0, 0.05) is 0 Å². The van der Waals surface area contributed by atoms with Crippen molar-refractivity contribution in [2.75, 3.05) is 0 Å². The van der Waals surface area contributed by atoms with E-state index in [1.807, 2.05) is 26.0 Å². The van der Waals surface area contributed by atoms with Crippen LogP contribution in [0.5, 0.6) is 0 Å². The van der Waals surface area contributed by atoms with Crippen LogP contribution in [0.2, 0.25) is 0 Å². The van der Waals surface area contributed by atoms with E-state index in [2.05, 4.69) is 42.5 Å². The number of carbonyl (C=O) groups is 1. The van der Waals surface area contributed by atoms with Gasteiger partial charge in [-0.1, -0.05) is 56.3 Å². The molecule has 3 nitrogen and oxygen atoms in total. The lowest BCUT2D eigenvalue weighted by molar-refractivity contribution is -0.141. The van der Waals surface area contributed by atoms with Crippen molar-refractivity contribution < 1.29 is 9.53 Å². The third-order valence-electron chi connectivity index (χ3n) is 4.98. The second-order valence-electron chi connectivity index (χ2n) is 6.97. The Balaban J connectivity index is 1.71. The van der Waals surface area contributed by atoms with Gasteiger partial charge in [-0.05, 0) is 56.8 Å². The summed E-state index contributed by atoms with van der Waals surface area (Å²) in [5.41, 5.74) is 8.43. The average molecular weight is 331 g/mol. The Morgan fingerprint density at radius 3 is 2.68 bits per heavy atom. The van der Waals surface area contributed by atoms with Crippen LogP contribution >= 0.6 is 0 Å². The predicted molar refractivity (Wildman–Crippen MR) is 102 cm³/mol. The summed E-state index contributed by atoms with van der Waals surface area (Å²) >= 11 is 0. The molecule has 2 aromatic rings. The lowest BCUT2D eigenvalue weighted by Crippen LogP contribution is -2.37. The van der Waals surface area contributed by atoms with Crippen molar-refractivity contribution in [2.45, 2.75) is 26.3 Å². The Morgan fingerprint density at radius 1 is 1.12 bits per heavy atom. The largest absolute Gasteiger partial charge is 0.426 e. The molecule has 0 aliphatic heterocycles. The number of nitrogens with two attached hydrogens (primary N) is 1. The smallest absolute Gasteiger partial charge is 0.328 e. The quantitative estimate of drug-likeness (QED) is 0.879. The van der Waals surface area contributed by atoms with Crippen LogP contribution in [0.3, 0.4) is 0 Å². The first-order valence-electron chi connectivity index (χ1n) is 8.67. The van der Waals surface area contributed by atoms with Crippen molar-refractivity contribution in [3.05, 3.63) is 63.7 Å². The summed E-state index contributed by atoms with van der Waals surface area (Å²) in [6, 6.07) is 8.01. The van der Waals surface area contributed by atoms with Crippen molar-refractivity contribution in [1.82, 2.24) is 0 Å². The Hall–Kier alpha value is -2.65. The lowest BCUT2D eigenvalue weighted by atomic mass is 9.93. The number of ether oxygens (including phenoxy) is 1. The molecule has 0 heterocycles. The third kappa shape index (κ3) is 2.71. The maximum Gasteiger partial charge on any atom is 0.328 e. The number of esters is 1. The molecule has 0 radical (unpaired) electrons. The van der Waals surface area contributed by atoms with Gasteiger partial charge in [0.1, 0.15) is 11.8 Å². The molecule has 4 rings (SSSR count). The minimum Gasteiger partial charge on any atom is -0.426 e. The number of fused-ring (bicyclic) bond motifs is 5. The van der Waals surface area contributed by atoms with Gasteiger partial charge in [0.25, 0.3) is 0 Å². The molecule has 0 amide bonds. The van der Waals surface area contributed by atoms with Crippen molar-refractivity contribution >= 4 is 35.0 Å². The maximum atomic E-state index is 12.1. The molecular weight excluding hydrogens is 310 g/mol. The van der Waals surface area contributed by atoms with E-state index in [0.29, 0.717) is 5.76 Å². The number of rotatable bonds is 3. The van der Waals surface area contributed by atoms with Gasteiger partial charge >= 0.3 is 5.97 Å². The first-order chi connectivity index (χ1) is 12.0. The molecule has 0 unspecified atom stereocenters. The van der Waals surface area contributed by atoms with Gasteiger partial charge in [-0.3, -0.25) is 0 Å². The Morgan fingerprint density at radius 2 is 1.88 bits per heavy atom. The normalized spacial score (nSPS) is 15.9. The molecule has 25 heavy (non-hydrogen) atoms. The minimum absolute atomic E-state index is 0.0554. The van der Waals surface area contributed by atoms with Crippen LogP contribution in [0.25, 0.3) is 29.0 Å².